The minimum atomic E-state index is 0. The van der Waals surface area contributed by atoms with E-state index in [9.17, 15) is 4.79 Å². The summed E-state index contributed by atoms with van der Waals surface area (Å²) in [7, 11) is 0. The Bertz CT molecular complexity index is 590. The van der Waals surface area contributed by atoms with Crippen LogP contribution in [0.1, 0.15) is 37.6 Å². The van der Waals surface area contributed by atoms with Crippen LogP contribution in [0, 0.1) is 5.41 Å². The molecular weight excluding hydrogens is 354 g/mol. The van der Waals surface area contributed by atoms with Crippen molar-refractivity contribution in [2.75, 3.05) is 46.0 Å². The van der Waals surface area contributed by atoms with Crippen LogP contribution in [0.3, 0.4) is 0 Å². The van der Waals surface area contributed by atoms with Crippen LogP contribution in [-0.2, 0) is 4.74 Å². The smallest absolute Gasteiger partial charge is 0.255 e. The van der Waals surface area contributed by atoms with Gasteiger partial charge in [-0.05, 0) is 26.3 Å². The summed E-state index contributed by atoms with van der Waals surface area (Å²) in [5.41, 5.74) is 0.716. The van der Waals surface area contributed by atoms with Crippen LogP contribution in [0.2, 0.25) is 0 Å². The highest BCUT2D eigenvalue weighted by Crippen LogP contribution is 2.27. The Labute approximate surface area is 162 Å². The fourth-order valence-corrected chi connectivity index (χ4v) is 3.21. The van der Waals surface area contributed by atoms with E-state index in [1.807, 2.05) is 11.0 Å². The molecule has 2 saturated heterocycles. The fraction of sp³-hybridized carbons (Fsp3) is 0.684. The SMILES string of the molecule is CC(C)N1CCCN(C(=O)c2ccc(OCC3(C)COC3)nc2)CC1.Cl. The van der Waals surface area contributed by atoms with Crippen LogP contribution in [0.15, 0.2) is 18.3 Å². The molecule has 2 fully saturated rings. The van der Waals surface area contributed by atoms with Crippen molar-refractivity contribution in [3.8, 4) is 5.88 Å². The molecular formula is C19H30ClN3O3. The second kappa shape index (κ2) is 9.02. The summed E-state index contributed by atoms with van der Waals surface area (Å²) < 4.78 is 11.0. The van der Waals surface area contributed by atoms with E-state index < -0.39 is 0 Å². The molecule has 1 aromatic heterocycles. The van der Waals surface area contributed by atoms with Gasteiger partial charge in [-0.3, -0.25) is 9.69 Å². The van der Waals surface area contributed by atoms with E-state index in [-0.39, 0.29) is 23.7 Å². The van der Waals surface area contributed by atoms with E-state index in [0.29, 0.717) is 24.1 Å². The van der Waals surface area contributed by atoms with Gasteiger partial charge in [0.05, 0.1) is 25.4 Å². The quantitative estimate of drug-likeness (QED) is 0.781. The topological polar surface area (TPSA) is 54.9 Å². The molecule has 0 aliphatic carbocycles. The minimum absolute atomic E-state index is 0. The first-order valence-electron chi connectivity index (χ1n) is 9.17. The highest BCUT2D eigenvalue weighted by Gasteiger charge is 2.34. The zero-order chi connectivity index (χ0) is 17.9. The third-order valence-corrected chi connectivity index (χ3v) is 5.00. The van der Waals surface area contributed by atoms with E-state index in [1.165, 1.54) is 0 Å². The average molecular weight is 384 g/mol. The predicted molar refractivity (Wildman–Crippen MR) is 103 cm³/mol. The third-order valence-electron chi connectivity index (χ3n) is 5.00. The van der Waals surface area contributed by atoms with Gasteiger partial charge in [-0.25, -0.2) is 4.98 Å². The molecule has 0 spiro atoms. The van der Waals surface area contributed by atoms with E-state index in [1.54, 1.807) is 12.3 Å². The molecule has 6 nitrogen and oxygen atoms in total. The number of nitrogens with zero attached hydrogens (tertiary/aromatic N) is 3. The zero-order valence-corrected chi connectivity index (χ0v) is 16.8. The maximum Gasteiger partial charge on any atom is 0.255 e. The zero-order valence-electron chi connectivity index (χ0n) is 15.9. The Balaban J connectivity index is 0.00000243. The molecule has 0 saturated carbocycles. The summed E-state index contributed by atoms with van der Waals surface area (Å²) in [6.45, 7) is 12.1. The monoisotopic (exact) mass is 383 g/mol. The van der Waals surface area contributed by atoms with Gasteiger partial charge in [0.15, 0.2) is 0 Å². The highest BCUT2D eigenvalue weighted by molar-refractivity contribution is 5.94. The lowest BCUT2D eigenvalue weighted by Crippen LogP contribution is -2.44. The number of hydrogen-bond donors (Lipinski definition) is 0. The van der Waals surface area contributed by atoms with Crippen molar-refractivity contribution in [3.63, 3.8) is 0 Å². The third kappa shape index (κ3) is 5.09. The second-order valence-corrected chi connectivity index (χ2v) is 7.75. The predicted octanol–water partition coefficient (Wildman–Crippen LogP) is 2.48. The van der Waals surface area contributed by atoms with Crippen molar-refractivity contribution < 1.29 is 14.3 Å². The molecule has 0 radical (unpaired) electrons. The Morgan fingerprint density at radius 3 is 2.62 bits per heavy atom. The van der Waals surface area contributed by atoms with Gasteiger partial charge in [0.2, 0.25) is 5.88 Å². The van der Waals surface area contributed by atoms with Crippen molar-refractivity contribution in [3.05, 3.63) is 23.9 Å². The lowest BCUT2D eigenvalue weighted by atomic mass is 9.90. The largest absolute Gasteiger partial charge is 0.477 e. The van der Waals surface area contributed by atoms with Gasteiger partial charge in [0.25, 0.3) is 5.91 Å². The molecule has 0 atom stereocenters. The first-order valence-corrected chi connectivity index (χ1v) is 9.17. The summed E-state index contributed by atoms with van der Waals surface area (Å²) in [4.78, 5) is 21.4. The Morgan fingerprint density at radius 2 is 2.04 bits per heavy atom. The van der Waals surface area contributed by atoms with Crippen LogP contribution in [0.25, 0.3) is 0 Å². The Hall–Kier alpha value is -1.37. The summed E-state index contributed by atoms with van der Waals surface area (Å²) in [6.07, 6.45) is 2.64. The van der Waals surface area contributed by atoms with E-state index in [2.05, 4.69) is 30.7 Å². The van der Waals surface area contributed by atoms with Gasteiger partial charge in [-0.15, -0.1) is 12.4 Å². The number of carbonyl (C=O) groups is 1. The van der Waals surface area contributed by atoms with Gasteiger partial charge in [-0.1, -0.05) is 6.92 Å². The van der Waals surface area contributed by atoms with Crippen LogP contribution in [0.4, 0.5) is 0 Å². The van der Waals surface area contributed by atoms with Gasteiger partial charge in [-0.2, -0.15) is 0 Å². The molecule has 0 N–H and O–H groups in total. The minimum Gasteiger partial charge on any atom is -0.477 e. The average Bonchev–Trinajstić information content (AvgIpc) is 2.84. The molecule has 1 amide bonds. The number of aromatic nitrogens is 1. The van der Waals surface area contributed by atoms with Gasteiger partial charge in [0.1, 0.15) is 0 Å². The van der Waals surface area contributed by atoms with E-state index in [0.717, 1.165) is 45.8 Å². The number of pyridine rings is 1. The van der Waals surface area contributed by atoms with Gasteiger partial charge >= 0.3 is 0 Å². The number of carbonyl (C=O) groups excluding carboxylic acids is 1. The maximum absolute atomic E-state index is 12.7. The molecule has 0 aromatic carbocycles. The second-order valence-electron chi connectivity index (χ2n) is 7.75. The van der Waals surface area contributed by atoms with Crippen molar-refractivity contribution in [1.82, 2.24) is 14.8 Å². The first-order chi connectivity index (χ1) is 12.0. The van der Waals surface area contributed by atoms with E-state index >= 15 is 0 Å². The maximum atomic E-state index is 12.7. The van der Waals surface area contributed by atoms with Crippen LogP contribution >= 0.6 is 12.4 Å². The van der Waals surface area contributed by atoms with Crippen molar-refractivity contribution >= 4 is 18.3 Å². The molecule has 0 unspecified atom stereocenters. The van der Waals surface area contributed by atoms with Crippen molar-refractivity contribution in [1.29, 1.82) is 0 Å². The molecule has 1 aromatic rings. The molecule has 3 rings (SSSR count). The summed E-state index contributed by atoms with van der Waals surface area (Å²) in [5, 5.41) is 0. The van der Waals surface area contributed by atoms with Gasteiger partial charge < -0.3 is 14.4 Å². The molecule has 3 heterocycles. The number of halogens is 1. The lowest BCUT2D eigenvalue weighted by molar-refractivity contribution is -0.120. The number of ether oxygens (including phenoxy) is 2. The Kier molecular flexibility index (Phi) is 7.26. The number of hydrogen-bond acceptors (Lipinski definition) is 5. The standard InChI is InChI=1S/C19H29N3O3.ClH/c1-15(2)21-7-4-8-22(10-9-21)18(23)16-5-6-17(20-11-16)25-14-19(3)12-24-13-19;/h5-6,11,15H,4,7-10,12-14H2,1-3H3;1H. The van der Waals surface area contributed by atoms with Crippen LogP contribution in [-0.4, -0.2) is 72.7 Å². The normalized spacial score (nSPS) is 20.1. The summed E-state index contributed by atoms with van der Waals surface area (Å²) in [6, 6.07) is 4.13. The molecule has 7 heteroatoms. The van der Waals surface area contributed by atoms with Crippen LogP contribution in [0.5, 0.6) is 5.88 Å². The number of amides is 1. The fourth-order valence-electron chi connectivity index (χ4n) is 3.21. The number of rotatable bonds is 5. The van der Waals surface area contributed by atoms with Crippen molar-refractivity contribution in [2.24, 2.45) is 5.41 Å². The lowest BCUT2D eigenvalue weighted by Gasteiger charge is -2.37. The van der Waals surface area contributed by atoms with E-state index in [4.69, 9.17) is 9.47 Å². The first kappa shape index (κ1) is 20.9. The highest BCUT2D eigenvalue weighted by atomic mass is 35.5. The molecule has 0 bridgehead atoms. The molecule has 2 aliphatic heterocycles. The summed E-state index contributed by atoms with van der Waals surface area (Å²) >= 11 is 0. The molecule has 146 valence electrons. The Morgan fingerprint density at radius 1 is 1.27 bits per heavy atom. The van der Waals surface area contributed by atoms with Gasteiger partial charge in [0, 0.05) is 49.9 Å². The molecule has 26 heavy (non-hydrogen) atoms. The summed E-state index contributed by atoms with van der Waals surface area (Å²) in [5.74, 6) is 0.621. The van der Waals surface area contributed by atoms with Crippen molar-refractivity contribution in [2.45, 2.75) is 33.2 Å². The van der Waals surface area contributed by atoms with Crippen LogP contribution < -0.4 is 4.74 Å². The molecule has 2 aliphatic rings.